The van der Waals surface area contributed by atoms with E-state index in [4.69, 9.17) is 0 Å². The Morgan fingerprint density at radius 3 is 2.91 bits per heavy atom. The molecule has 7 heteroatoms. The number of amides is 1. The molecular formula is C16H11FN4OS. The summed E-state index contributed by atoms with van der Waals surface area (Å²) in [6.07, 6.45) is 0. The molecule has 0 bridgehead atoms. The number of benzene rings is 1. The van der Waals surface area contributed by atoms with Crippen molar-refractivity contribution in [2.75, 3.05) is 5.32 Å². The van der Waals surface area contributed by atoms with Crippen LogP contribution in [0.1, 0.15) is 10.5 Å². The molecule has 3 N–H and O–H groups in total. The summed E-state index contributed by atoms with van der Waals surface area (Å²) in [6, 6.07) is 11.8. The molecule has 4 aromatic rings. The molecule has 0 spiro atoms. The van der Waals surface area contributed by atoms with E-state index >= 15 is 0 Å². The van der Waals surface area contributed by atoms with Crippen molar-refractivity contribution in [3.05, 3.63) is 59.4 Å². The van der Waals surface area contributed by atoms with E-state index in [0.717, 1.165) is 10.6 Å². The first kappa shape index (κ1) is 13.7. The highest BCUT2D eigenvalue weighted by molar-refractivity contribution is 7.13. The van der Waals surface area contributed by atoms with E-state index in [-0.39, 0.29) is 17.4 Å². The van der Waals surface area contributed by atoms with Gasteiger partial charge in [-0.15, -0.1) is 11.3 Å². The third kappa shape index (κ3) is 2.51. The summed E-state index contributed by atoms with van der Waals surface area (Å²) in [5.41, 5.74) is 1.69. The Hall–Kier alpha value is -2.93. The Labute approximate surface area is 134 Å². The third-order valence-corrected chi connectivity index (χ3v) is 4.36. The molecule has 0 aliphatic rings. The van der Waals surface area contributed by atoms with Crippen LogP contribution in [0.2, 0.25) is 0 Å². The van der Waals surface area contributed by atoms with Crippen LogP contribution in [-0.2, 0) is 0 Å². The van der Waals surface area contributed by atoms with Gasteiger partial charge in [0.05, 0.1) is 10.6 Å². The summed E-state index contributed by atoms with van der Waals surface area (Å²) in [5.74, 6) is -0.320. The molecule has 0 aliphatic carbocycles. The minimum absolute atomic E-state index is 0.283. The molecule has 0 atom stereocenters. The predicted molar refractivity (Wildman–Crippen MR) is 88.1 cm³/mol. The summed E-state index contributed by atoms with van der Waals surface area (Å²) in [7, 11) is 0. The number of halogens is 1. The van der Waals surface area contributed by atoms with Gasteiger partial charge in [-0.05, 0) is 29.6 Å². The number of nitrogens with zero attached hydrogens (tertiary/aromatic N) is 1. The average molecular weight is 326 g/mol. The number of aromatic amines is 2. The maximum absolute atomic E-state index is 13.7. The molecule has 3 heterocycles. The largest absolute Gasteiger partial charge is 0.350 e. The smallest absolute Gasteiger partial charge is 0.273 e. The Bertz CT molecular complexity index is 987. The summed E-state index contributed by atoms with van der Waals surface area (Å²) in [5, 5.41) is 12.0. The molecule has 1 amide bonds. The van der Waals surface area contributed by atoms with E-state index in [0.29, 0.717) is 16.7 Å². The van der Waals surface area contributed by atoms with Crippen molar-refractivity contribution < 1.29 is 9.18 Å². The number of fused-ring (bicyclic) bond motifs is 1. The van der Waals surface area contributed by atoms with Gasteiger partial charge in [-0.1, -0.05) is 12.1 Å². The van der Waals surface area contributed by atoms with E-state index in [9.17, 15) is 9.18 Å². The van der Waals surface area contributed by atoms with Crippen molar-refractivity contribution in [1.29, 1.82) is 0 Å². The highest BCUT2D eigenvalue weighted by atomic mass is 32.1. The minimum Gasteiger partial charge on any atom is -0.350 e. The number of H-pyrrole nitrogens is 2. The van der Waals surface area contributed by atoms with Gasteiger partial charge in [0.15, 0.2) is 5.82 Å². The quantitative estimate of drug-likeness (QED) is 0.532. The van der Waals surface area contributed by atoms with Crippen molar-refractivity contribution in [3.8, 4) is 10.6 Å². The summed E-state index contributed by atoms with van der Waals surface area (Å²) >= 11 is 1.58. The molecule has 3 aromatic heterocycles. The first-order chi connectivity index (χ1) is 11.2. The molecule has 0 saturated heterocycles. The highest BCUT2D eigenvalue weighted by Gasteiger charge is 2.13. The van der Waals surface area contributed by atoms with E-state index in [1.807, 2.05) is 17.5 Å². The number of carbonyl (C=O) groups is 1. The van der Waals surface area contributed by atoms with Crippen LogP contribution in [-0.4, -0.2) is 21.1 Å². The Balaban J connectivity index is 1.58. The summed E-state index contributed by atoms with van der Waals surface area (Å²) < 4.78 is 13.7. The van der Waals surface area contributed by atoms with Crippen LogP contribution in [0.25, 0.3) is 21.5 Å². The van der Waals surface area contributed by atoms with Crippen LogP contribution < -0.4 is 5.32 Å². The van der Waals surface area contributed by atoms with Gasteiger partial charge in [0.2, 0.25) is 0 Å². The lowest BCUT2D eigenvalue weighted by atomic mass is 10.2. The first-order valence-electron chi connectivity index (χ1n) is 6.88. The molecule has 0 fully saturated rings. The van der Waals surface area contributed by atoms with Crippen LogP contribution in [0, 0.1) is 5.82 Å². The number of aromatic nitrogens is 3. The fourth-order valence-corrected chi connectivity index (χ4v) is 3.06. The molecular weight excluding hydrogens is 315 g/mol. The number of thiophene rings is 1. The maximum atomic E-state index is 13.7. The van der Waals surface area contributed by atoms with Crippen LogP contribution in [0.15, 0.2) is 47.8 Å². The van der Waals surface area contributed by atoms with Crippen molar-refractivity contribution in [1.82, 2.24) is 15.2 Å². The lowest BCUT2D eigenvalue weighted by Gasteiger charge is -1.97. The second-order valence-electron chi connectivity index (χ2n) is 4.98. The maximum Gasteiger partial charge on any atom is 0.273 e. The number of rotatable bonds is 3. The van der Waals surface area contributed by atoms with E-state index in [2.05, 4.69) is 20.5 Å². The Kier molecular flexibility index (Phi) is 3.20. The fraction of sp³-hybridized carbons (Fsp3) is 0. The first-order valence-corrected chi connectivity index (χ1v) is 7.76. The molecule has 114 valence electrons. The molecule has 0 radical (unpaired) electrons. The topological polar surface area (TPSA) is 73.6 Å². The van der Waals surface area contributed by atoms with E-state index in [1.165, 1.54) is 12.1 Å². The summed E-state index contributed by atoms with van der Waals surface area (Å²) in [4.78, 5) is 16.2. The van der Waals surface area contributed by atoms with Gasteiger partial charge in [0.25, 0.3) is 5.91 Å². The lowest BCUT2D eigenvalue weighted by molar-refractivity contribution is 0.102. The molecule has 5 nitrogen and oxygen atoms in total. The van der Waals surface area contributed by atoms with Crippen LogP contribution >= 0.6 is 11.3 Å². The second-order valence-corrected chi connectivity index (χ2v) is 5.93. The lowest BCUT2D eigenvalue weighted by Crippen LogP contribution is -2.12. The molecule has 0 aliphatic heterocycles. The van der Waals surface area contributed by atoms with Crippen LogP contribution in [0.3, 0.4) is 0 Å². The minimum atomic E-state index is -0.371. The van der Waals surface area contributed by atoms with E-state index < -0.39 is 0 Å². The number of nitrogens with one attached hydrogen (secondary N) is 3. The normalized spacial score (nSPS) is 11.0. The van der Waals surface area contributed by atoms with Crippen LogP contribution in [0.4, 0.5) is 10.2 Å². The predicted octanol–water partition coefficient (Wildman–Crippen LogP) is 4.01. The van der Waals surface area contributed by atoms with Crippen LogP contribution in [0.5, 0.6) is 0 Å². The molecule has 4 rings (SSSR count). The fourth-order valence-electron chi connectivity index (χ4n) is 2.37. The number of anilines is 1. The number of hydrogen-bond donors (Lipinski definition) is 3. The van der Waals surface area contributed by atoms with Gasteiger partial charge in [0, 0.05) is 17.0 Å². The van der Waals surface area contributed by atoms with Crippen molar-refractivity contribution in [2.24, 2.45) is 0 Å². The van der Waals surface area contributed by atoms with Gasteiger partial charge in [0.1, 0.15) is 11.5 Å². The zero-order valence-corrected chi connectivity index (χ0v) is 12.6. The van der Waals surface area contributed by atoms with Crippen molar-refractivity contribution >= 4 is 34.0 Å². The molecule has 1 aromatic carbocycles. The number of hydrogen-bond acceptors (Lipinski definition) is 3. The Morgan fingerprint density at radius 1 is 1.22 bits per heavy atom. The van der Waals surface area contributed by atoms with Gasteiger partial charge in [-0.3, -0.25) is 9.89 Å². The van der Waals surface area contributed by atoms with Crippen molar-refractivity contribution in [3.63, 3.8) is 0 Å². The van der Waals surface area contributed by atoms with Gasteiger partial charge < -0.3 is 10.3 Å². The highest BCUT2D eigenvalue weighted by Crippen LogP contribution is 2.25. The molecule has 23 heavy (non-hydrogen) atoms. The summed E-state index contributed by atoms with van der Waals surface area (Å²) in [6.45, 7) is 0. The van der Waals surface area contributed by atoms with Gasteiger partial charge in [-0.25, -0.2) is 4.39 Å². The molecule has 0 saturated carbocycles. The van der Waals surface area contributed by atoms with E-state index in [1.54, 1.807) is 29.5 Å². The standard InChI is InChI=1S/C16H11FN4OS/c17-10-3-1-4-11-9(10)7-13(18-11)16(22)19-15-8-12(20-21-15)14-5-2-6-23-14/h1-8,18H,(H2,19,20,21,22). The van der Waals surface area contributed by atoms with Gasteiger partial charge >= 0.3 is 0 Å². The van der Waals surface area contributed by atoms with Crippen molar-refractivity contribution in [2.45, 2.75) is 0 Å². The second kappa shape index (κ2) is 5.36. The number of carbonyl (C=O) groups excluding carboxylic acids is 1. The third-order valence-electron chi connectivity index (χ3n) is 3.46. The Morgan fingerprint density at radius 2 is 2.13 bits per heavy atom. The average Bonchev–Trinajstić information content (AvgIpc) is 3.27. The zero-order chi connectivity index (χ0) is 15.8. The SMILES string of the molecule is O=C(Nc1cc(-c2cccs2)[nH]n1)c1cc2c(F)cccc2[nH]1. The van der Waals surface area contributed by atoms with Gasteiger partial charge in [-0.2, -0.15) is 5.10 Å². The molecule has 0 unspecified atom stereocenters. The monoisotopic (exact) mass is 326 g/mol. The zero-order valence-electron chi connectivity index (χ0n) is 11.8.